The second-order valence-electron chi connectivity index (χ2n) is 6.64. The van der Waals surface area contributed by atoms with Crippen LogP contribution in [-0.2, 0) is 0 Å². The van der Waals surface area contributed by atoms with Crippen LogP contribution in [0.2, 0.25) is 0 Å². The average Bonchev–Trinajstić information content (AvgIpc) is 3.20. The van der Waals surface area contributed by atoms with Crippen LogP contribution in [0.1, 0.15) is 46.0 Å². The summed E-state index contributed by atoms with van der Waals surface area (Å²) in [4.78, 5) is 6.64. The molecule has 0 aromatic carbocycles. The minimum atomic E-state index is 0. The fourth-order valence-electron chi connectivity index (χ4n) is 2.56. The number of halogens is 1. The Kier molecular flexibility index (Phi) is 11.5. The van der Waals surface area contributed by atoms with Gasteiger partial charge >= 0.3 is 0 Å². The van der Waals surface area contributed by atoms with E-state index in [0.29, 0.717) is 6.04 Å². The Bertz CT molecular complexity index is 286. The van der Waals surface area contributed by atoms with Gasteiger partial charge in [0.15, 0.2) is 5.96 Å². The summed E-state index contributed by atoms with van der Waals surface area (Å²) in [6, 6.07) is 0.634. The zero-order chi connectivity index (χ0) is 15.0. The first-order chi connectivity index (χ1) is 9.54. The van der Waals surface area contributed by atoms with Crippen molar-refractivity contribution in [3.63, 3.8) is 0 Å². The predicted molar refractivity (Wildman–Crippen MR) is 104 cm³/mol. The second kappa shape index (κ2) is 11.5. The quantitative estimate of drug-likeness (QED) is 0.266. The fourth-order valence-corrected chi connectivity index (χ4v) is 2.56. The Morgan fingerprint density at radius 2 is 1.86 bits per heavy atom. The van der Waals surface area contributed by atoms with Gasteiger partial charge in [-0.15, -0.1) is 24.0 Å². The van der Waals surface area contributed by atoms with Crippen molar-refractivity contribution in [2.75, 3.05) is 34.2 Å². The molecule has 0 bridgehead atoms. The van der Waals surface area contributed by atoms with Gasteiger partial charge in [0, 0.05) is 26.2 Å². The van der Waals surface area contributed by atoms with Gasteiger partial charge in [0.1, 0.15) is 0 Å². The summed E-state index contributed by atoms with van der Waals surface area (Å²) in [5.41, 5.74) is 0. The van der Waals surface area contributed by atoms with Gasteiger partial charge in [-0.05, 0) is 45.2 Å². The smallest absolute Gasteiger partial charge is 0.191 e. The molecule has 21 heavy (non-hydrogen) atoms. The molecule has 126 valence electrons. The molecule has 0 saturated heterocycles. The van der Waals surface area contributed by atoms with Crippen LogP contribution in [0.3, 0.4) is 0 Å². The van der Waals surface area contributed by atoms with Gasteiger partial charge in [0.25, 0.3) is 0 Å². The molecule has 1 aliphatic carbocycles. The fraction of sp³-hybridized carbons (Fsp3) is 0.938. The molecule has 1 saturated carbocycles. The number of hydrogen-bond acceptors (Lipinski definition) is 2. The molecule has 1 atom stereocenters. The molecule has 1 aliphatic rings. The van der Waals surface area contributed by atoms with E-state index in [1.54, 1.807) is 0 Å². The van der Waals surface area contributed by atoms with E-state index in [9.17, 15) is 0 Å². The molecule has 1 rings (SSSR count). The Labute approximate surface area is 148 Å². The van der Waals surface area contributed by atoms with E-state index in [4.69, 9.17) is 0 Å². The maximum atomic E-state index is 4.31. The molecule has 4 nitrogen and oxygen atoms in total. The molecule has 0 amide bonds. The van der Waals surface area contributed by atoms with Crippen LogP contribution >= 0.6 is 24.0 Å². The van der Waals surface area contributed by atoms with Crippen molar-refractivity contribution in [1.82, 2.24) is 15.5 Å². The third kappa shape index (κ3) is 9.55. The van der Waals surface area contributed by atoms with Crippen molar-refractivity contribution in [3.8, 4) is 0 Å². The molecule has 0 aromatic heterocycles. The Morgan fingerprint density at radius 1 is 1.19 bits per heavy atom. The van der Waals surface area contributed by atoms with Crippen LogP contribution in [0.4, 0.5) is 0 Å². The molecule has 0 heterocycles. The number of hydrogen-bond donors (Lipinski definition) is 2. The van der Waals surface area contributed by atoms with E-state index in [1.165, 1.54) is 32.1 Å². The number of rotatable bonds is 9. The van der Waals surface area contributed by atoms with Crippen LogP contribution in [0, 0.1) is 11.8 Å². The van der Waals surface area contributed by atoms with Crippen molar-refractivity contribution in [1.29, 1.82) is 0 Å². The zero-order valence-electron chi connectivity index (χ0n) is 14.5. The molecule has 0 aliphatic heterocycles. The summed E-state index contributed by atoms with van der Waals surface area (Å²) < 4.78 is 0. The van der Waals surface area contributed by atoms with Crippen molar-refractivity contribution < 1.29 is 0 Å². The Hall–Kier alpha value is -0.0400. The molecule has 0 spiro atoms. The first-order valence-corrected chi connectivity index (χ1v) is 8.15. The molecule has 0 radical (unpaired) electrons. The number of aliphatic imine (C=N–C) groups is 1. The minimum absolute atomic E-state index is 0. The van der Waals surface area contributed by atoms with Gasteiger partial charge in [0.2, 0.25) is 0 Å². The highest BCUT2D eigenvalue weighted by Gasteiger charge is 2.32. The maximum absolute atomic E-state index is 4.31. The molecule has 1 fully saturated rings. The lowest BCUT2D eigenvalue weighted by Crippen LogP contribution is -2.46. The van der Waals surface area contributed by atoms with E-state index in [0.717, 1.165) is 30.9 Å². The highest BCUT2D eigenvalue weighted by Crippen LogP contribution is 2.34. The van der Waals surface area contributed by atoms with E-state index in [2.05, 4.69) is 48.5 Å². The van der Waals surface area contributed by atoms with Crippen LogP contribution in [0.25, 0.3) is 0 Å². The molecular weight excluding hydrogens is 375 g/mol. The maximum Gasteiger partial charge on any atom is 0.191 e. The number of likely N-dealkylation sites (N-methyl/N-ethyl adjacent to an activating group) is 1. The van der Waals surface area contributed by atoms with E-state index in [-0.39, 0.29) is 24.0 Å². The Balaban J connectivity index is 0.00000400. The van der Waals surface area contributed by atoms with E-state index >= 15 is 0 Å². The van der Waals surface area contributed by atoms with Crippen LogP contribution in [0.5, 0.6) is 0 Å². The Morgan fingerprint density at radius 3 is 2.33 bits per heavy atom. The average molecular weight is 410 g/mol. The molecular formula is C16H35IN4. The summed E-state index contributed by atoms with van der Waals surface area (Å²) in [7, 11) is 6.20. The van der Waals surface area contributed by atoms with Crippen LogP contribution < -0.4 is 10.6 Å². The van der Waals surface area contributed by atoms with Crippen LogP contribution in [-0.4, -0.2) is 51.1 Å². The van der Waals surface area contributed by atoms with Gasteiger partial charge in [-0.1, -0.05) is 26.7 Å². The van der Waals surface area contributed by atoms with E-state index in [1.807, 2.05) is 7.05 Å². The van der Waals surface area contributed by atoms with E-state index < -0.39 is 0 Å². The SMILES string of the molecule is CN=C(NCCCCC(C)C)NCC(C1CC1)N(C)C.I. The number of nitrogens with zero attached hydrogens (tertiary/aromatic N) is 2. The highest BCUT2D eigenvalue weighted by atomic mass is 127. The zero-order valence-corrected chi connectivity index (χ0v) is 16.8. The van der Waals surface area contributed by atoms with Gasteiger partial charge in [-0.2, -0.15) is 0 Å². The number of unbranched alkanes of at least 4 members (excludes halogenated alkanes) is 1. The normalized spacial score (nSPS) is 16.8. The van der Waals surface area contributed by atoms with Crippen molar-refractivity contribution in [2.24, 2.45) is 16.8 Å². The summed E-state index contributed by atoms with van der Waals surface area (Å²) in [6.45, 7) is 6.58. The first kappa shape index (κ1) is 21.0. The van der Waals surface area contributed by atoms with Gasteiger partial charge in [-0.25, -0.2) is 0 Å². The third-order valence-corrected chi connectivity index (χ3v) is 4.03. The predicted octanol–water partition coefficient (Wildman–Crippen LogP) is 2.94. The van der Waals surface area contributed by atoms with Crippen LogP contribution in [0.15, 0.2) is 4.99 Å². The molecule has 5 heteroatoms. The summed E-state index contributed by atoms with van der Waals surface area (Å²) >= 11 is 0. The summed E-state index contributed by atoms with van der Waals surface area (Å²) in [6.07, 6.45) is 6.60. The van der Waals surface area contributed by atoms with Gasteiger partial charge in [0.05, 0.1) is 0 Å². The topological polar surface area (TPSA) is 39.7 Å². The number of nitrogens with one attached hydrogen (secondary N) is 2. The van der Waals surface area contributed by atoms with Gasteiger partial charge < -0.3 is 15.5 Å². The molecule has 1 unspecified atom stereocenters. The second-order valence-corrected chi connectivity index (χ2v) is 6.64. The summed E-state index contributed by atoms with van der Waals surface area (Å²) in [5, 5.41) is 6.89. The third-order valence-electron chi connectivity index (χ3n) is 4.03. The van der Waals surface area contributed by atoms with Crippen molar-refractivity contribution >= 4 is 29.9 Å². The lowest BCUT2D eigenvalue weighted by atomic mass is 10.1. The summed E-state index contributed by atoms with van der Waals surface area (Å²) in [5.74, 6) is 2.63. The number of guanidine groups is 1. The van der Waals surface area contributed by atoms with Crippen molar-refractivity contribution in [3.05, 3.63) is 0 Å². The monoisotopic (exact) mass is 410 g/mol. The lowest BCUT2D eigenvalue weighted by Gasteiger charge is -2.25. The highest BCUT2D eigenvalue weighted by molar-refractivity contribution is 14.0. The first-order valence-electron chi connectivity index (χ1n) is 8.15. The lowest BCUT2D eigenvalue weighted by molar-refractivity contribution is 0.264. The molecule has 0 aromatic rings. The standard InChI is InChI=1S/C16H34N4.HI/c1-13(2)8-6-7-11-18-16(17-3)19-12-15(20(4)5)14-9-10-14;/h13-15H,6-12H2,1-5H3,(H2,17,18,19);1H. The van der Waals surface area contributed by atoms with Crippen molar-refractivity contribution in [2.45, 2.75) is 52.0 Å². The largest absolute Gasteiger partial charge is 0.356 e. The minimum Gasteiger partial charge on any atom is -0.356 e. The molecule has 2 N–H and O–H groups in total. The van der Waals surface area contributed by atoms with Gasteiger partial charge in [-0.3, -0.25) is 4.99 Å².